The SMILES string of the molecule is CC(C)c1ccc(Oc2ccc(N3C(=O)c4ccccc4C3=O)cc2)cc1. The number of rotatable bonds is 4. The van der Waals surface area contributed by atoms with Gasteiger partial charge < -0.3 is 4.74 Å². The Kier molecular flexibility index (Phi) is 4.24. The van der Waals surface area contributed by atoms with Gasteiger partial charge in [0.15, 0.2) is 0 Å². The fourth-order valence-electron chi connectivity index (χ4n) is 3.14. The van der Waals surface area contributed by atoms with Gasteiger partial charge in [0, 0.05) is 0 Å². The van der Waals surface area contributed by atoms with E-state index in [1.54, 1.807) is 48.5 Å². The zero-order valence-corrected chi connectivity index (χ0v) is 15.2. The molecule has 4 heteroatoms. The number of benzene rings is 3. The standard InChI is InChI=1S/C23H19NO3/c1-15(2)16-7-11-18(12-8-16)27-19-13-9-17(10-14-19)24-22(25)20-5-3-4-6-21(20)23(24)26/h3-15H,1-2H3. The van der Waals surface area contributed by atoms with Crippen LogP contribution < -0.4 is 9.64 Å². The average molecular weight is 357 g/mol. The summed E-state index contributed by atoms with van der Waals surface area (Å²) in [7, 11) is 0. The van der Waals surface area contributed by atoms with Crippen molar-refractivity contribution in [1.29, 1.82) is 0 Å². The minimum atomic E-state index is -0.298. The zero-order valence-electron chi connectivity index (χ0n) is 15.2. The molecule has 0 saturated heterocycles. The maximum absolute atomic E-state index is 12.5. The van der Waals surface area contributed by atoms with E-state index in [0.717, 1.165) is 5.75 Å². The lowest BCUT2D eigenvalue weighted by molar-refractivity contribution is 0.0926. The first-order valence-corrected chi connectivity index (χ1v) is 8.90. The molecule has 4 nitrogen and oxygen atoms in total. The molecule has 0 bridgehead atoms. The number of ether oxygens (including phenoxy) is 1. The third kappa shape index (κ3) is 3.10. The number of nitrogens with zero attached hydrogens (tertiary/aromatic N) is 1. The number of hydrogen-bond donors (Lipinski definition) is 0. The molecule has 0 aromatic heterocycles. The molecule has 1 aliphatic heterocycles. The number of hydrogen-bond acceptors (Lipinski definition) is 3. The summed E-state index contributed by atoms with van der Waals surface area (Å²) < 4.78 is 5.86. The van der Waals surface area contributed by atoms with E-state index in [9.17, 15) is 9.59 Å². The fraction of sp³-hybridized carbons (Fsp3) is 0.130. The molecule has 134 valence electrons. The van der Waals surface area contributed by atoms with Crippen LogP contribution in [0.3, 0.4) is 0 Å². The largest absolute Gasteiger partial charge is 0.457 e. The Hall–Kier alpha value is -3.40. The van der Waals surface area contributed by atoms with Gasteiger partial charge in [0.1, 0.15) is 11.5 Å². The molecule has 1 aliphatic rings. The molecule has 27 heavy (non-hydrogen) atoms. The van der Waals surface area contributed by atoms with Gasteiger partial charge in [-0.1, -0.05) is 38.1 Å². The Labute approximate surface area is 158 Å². The van der Waals surface area contributed by atoms with Crippen molar-refractivity contribution >= 4 is 17.5 Å². The second-order valence-corrected chi connectivity index (χ2v) is 6.81. The lowest BCUT2D eigenvalue weighted by atomic mass is 10.0. The van der Waals surface area contributed by atoms with Crippen molar-refractivity contribution in [2.45, 2.75) is 19.8 Å². The lowest BCUT2D eigenvalue weighted by Crippen LogP contribution is -2.29. The van der Waals surface area contributed by atoms with Crippen molar-refractivity contribution in [3.63, 3.8) is 0 Å². The van der Waals surface area contributed by atoms with Crippen LogP contribution in [0.5, 0.6) is 11.5 Å². The van der Waals surface area contributed by atoms with Gasteiger partial charge in [-0.3, -0.25) is 9.59 Å². The second kappa shape index (κ2) is 6.72. The van der Waals surface area contributed by atoms with Crippen LogP contribution in [-0.4, -0.2) is 11.8 Å². The van der Waals surface area contributed by atoms with Gasteiger partial charge in [0.25, 0.3) is 11.8 Å². The summed E-state index contributed by atoms with van der Waals surface area (Å²) in [6.07, 6.45) is 0. The molecule has 0 saturated carbocycles. The molecule has 0 unspecified atom stereocenters. The van der Waals surface area contributed by atoms with E-state index in [2.05, 4.69) is 13.8 Å². The monoisotopic (exact) mass is 357 g/mol. The summed E-state index contributed by atoms with van der Waals surface area (Å²) in [4.78, 5) is 26.3. The van der Waals surface area contributed by atoms with Crippen LogP contribution in [0.1, 0.15) is 46.0 Å². The fourth-order valence-corrected chi connectivity index (χ4v) is 3.14. The van der Waals surface area contributed by atoms with Crippen molar-refractivity contribution in [2.24, 2.45) is 0 Å². The molecule has 2 amide bonds. The number of imide groups is 1. The van der Waals surface area contributed by atoms with Crippen LogP contribution in [-0.2, 0) is 0 Å². The third-order valence-corrected chi connectivity index (χ3v) is 4.67. The maximum atomic E-state index is 12.5. The Morgan fingerprint density at radius 1 is 0.704 bits per heavy atom. The minimum absolute atomic E-state index is 0.298. The Bertz CT molecular complexity index is 970. The highest BCUT2D eigenvalue weighted by atomic mass is 16.5. The second-order valence-electron chi connectivity index (χ2n) is 6.81. The highest BCUT2D eigenvalue weighted by molar-refractivity contribution is 6.34. The predicted octanol–water partition coefficient (Wildman–Crippen LogP) is 5.40. The van der Waals surface area contributed by atoms with E-state index < -0.39 is 0 Å². The molecule has 4 rings (SSSR count). The highest BCUT2D eigenvalue weighted by Gasteiger charge is 2.36. The number of fused-ring (bicyclic) bond motifs is 1. The number of anilines is 1. The summed E-state index contributed by atoms with van der Waals surface area (Å²) in [5.74, 6) is 1.26. The summed E-state index contributed by atoms with van der Waals surface area (Å²) >= 11 is 0. The van der Waals surface area contributed by atoms with Crippen molar-refractivity contribution in [3.8, 4) is 11.5 Å². The quantitative estimate of drug-likeness (QED) is 0.587. The molecule has 0 fully saturated rings. The molecule has 0 spiro atoms. The molecule has 0 N–H and O–H groups in total. The predicted molar refractivity (Wildman–Crippen MR) is 105 cm³/mol. The van der Waals surface area contributed by atoms with Gasteiger partial charge in [-0.15, -0.1) is 0 Å². The van der Waals surface area contributed by atoms with Crippen LogP contribution in [0.4, 0.5) is 5.69 Å². The molecular weight excluding hydrogens is 338 g/mol. The first kappa shape index (κ1) is 17.0. The van der Waals surface area contributed by atoms with Gasteiger partial charge >= 0.3 is 0 Å². The van der Waals surface area contributed by atoms with Gasteiger partial charge in [-0.25, -0.2) is 4.90 Å². The maximum Gasteiger partial charge on any atom is 0.266 e. The van der Waals surface area contributed by atoms with Crippen LogP contribution in [0.2, 0.25) is 0 Å². The summed E-state index contributed by atoms with van der Waals surface area (Å²) in [6, 6.07) is 21.8. The summed E-state index contributed by atoms with van der Waals surface area (Å²) in [6.45, 7) is 4.29. The molecule has 0 aliphatic carbocycles. The highest BCUT2D eigenvalue weighted by Crippen LogP contribution is 2.31. The normalized spacial score (nSPS) is 13.2. The Morgan fingerprint density at radius 2 is 1.19 bits per heavy atom. The Balaban J connectivity index is 1.53. The molecule has 0 radical (unpaired) electrons. The number of amides is 2. The van der Waals surface area contributed by atoms with E-state index in [1.807, 2.05) is 24.3 Å². The topological polar surface area (TPSA) is 46.6 Å². The van der Waals surface area contributed by atoms with E-state index in [1.165, 1.54) is 10.5 Å². The first-order valence-electron chi connectivity index (χ1n) is 8.90. The molecule has 0 atom stereocenters. The van der Waals surface area contributed by atoms with E-state index in [0.29, 0.717) is 28.5 Å². The summed E-state index contributed by atoms with van der Waals surface area (Å²) in [5, 5.41) is 0. The Morgan fingerprint density at radius 3 is 1.67 bits per heavy atom. The van der Waals surface area contributed by atoms with Crippen molar-refractivity contribution in [3.05, 3.63) is 89.5 Å². The van der Waals surface area contributed by atoms with Crippen molar-refractivity contribution < 1.29 is 14.3 Å². The van der Waals surface area contributed by atoms with E-state index in [4.69, 9.17) is 4.74 Å². The minimum Gasteiger partial charge on any atom is -0.457 e. The third-order valence-electron chi connectivity index (χ3n) is 4.67. The molecule has 1 heterocycles. The van der Waals surface area contributed by atoms with E-state index >= 15 is 0 Å². The van der Waals surface area contributed by atoms with Gasteiger partial charge in [0.05, 0.1) is 16.8 Å². The molecular formula is C23H19NO3. The van der Waals surface area contributed by atoms with Crippen LogP contribution in [0, 0.1) is 0 Å². The van der Waals surface area contributed by atoms with Crippen LogP contribution >= 0.6 is 0 Å². The van der Waals surface area contributed by atoms with E-state index in [-0.39, 0.29) is 11.8 Å². The average Bonchev–Trinajstić information content (AvgIpc) is 2.94. The van der Waals surface area contributed by atoms with Crippen molar-refractivity contribution in [2.75, 3.05) is 4.90 Å². The van der Waals surface area contributed by atoms with Crippen LogP contribution in [0.25, 0.3) is 0 Å². The van der Waals surface area contributed by atoms with Crippen LogP contribution in [0.15, 0.2) is 72.8 Å². The van der Waals surface area contributed by atoms with Gasteiger partial charge in [0.2, 0.25) is 0 Å². The van der Waals surface area contributed by atoms with Gasteiger partial charge in [-0.2, -0.15) is 0 Å². The molecule has 3 aromatic carbocycles. The van der Waals surface area contributed by atoms with Gasteiger partial charge in [-0.05, 0) is 60.0 Å². The summed E-state index contributed by atoms with van der Waals surface area (Å²) in [5.41, 5.74) is 2.66. The number of carbonyl (C=O) groups excluding carboxylic acids is 2. The smallest absolute Gasteiger partial charge is 0.266 e. The first-order chi connectivity index (χ1) is 13.0. The lowest BCUT2D eigenvalue weighted by Gasteiger charge is -2.14. The molecule has 3 aromatic rings. The number of carbonyl (C=O) groups is 2. The van der Waals surface area contributed by atoms with Crippen molar-refractivity contribution in [1.82, 2.24) is 0 Å². The zero-order chi connectivity index (χ0) is 19.0.